The van der Waals surface area contributed by atoms with Crippen LogP contribution in [0.2, 0.25) is 5.02 Å². The summed E-state index contributed by atoms with van der Waals surface area (Å²) >= 11 is 6.21. The Morgan fingerprint density at radius 2 is 1.84 bits per heavy atom. The molecule has 0 radical (unpaired) electrons. The highest BCUT2D eigenvalue weighted by Crippen LogP contribution is 2.69. The number of carboxylic acid groups (broad SMARTS) is 1. The van der Waals surface area contributed by atoms with Gasteiger partial charge in [-0.05, 0) is 104 Å². The van der Waals surface area contributed by atoms with Crippen LogP contribution in [0.1, 0.15) is 96.0 Å². The topological polar surface area (TPSA) is 99.9 Å². The van der Waals surface area contributed by atoms with Gasteiger partial charge in [0.05, 0.1) is 25.0 Å². The van der Waals surface area contributed by atoms with Gasteiger partial charge in [-0.2, -0.15) is 0 Å². The molecule has 0 aliphatic heterocycles. The number of rotatable bonds is 7. The lowest BCUT2D eigenvalue weighted by molar-refractivity contribution is -0.203. The highest BCUT2D eigenvalue weighted by molar-refractivity contribution is 6.32. The molecule has 4 aliphatic carbocycles. The highest BCUT2D eigenvalue weighted by atomic mass is 35.5. The van der Waals surface area contributed by atoms with E-state index in [9.17, 15) is 20.1 Å². The number of halogens is 1. The van der Waals surface area contributed by atoms with Crippen LogP contribution < -0.4 is 4.74 Å². The lowest BCUT2D eigenvalue weighted by Gasteiger charge is -2.64. The molecule has 1 heterocycles. The quantitative estimate of drug-likeness (QED) is 0.362. The summed E-state index contributed by atoms with van der Waals surface area (Å²) in [4.78, 5) is 15.1. The minimum Gasteiger partial charge on any atom is -0.492 e. The zero-order valence-electron chi connectivity index (χ0n) is 23.4. The molecular weight excluding hydrogens is 502 g/mol. The molecule has 4 aliphatic rings. The number of aromatic carboxylic acids is 1. The Kier molecular flexibility index (Phi) is 7.82. The van der Waals surface area contributed by atoms with Gasteiger partial charge < -0.3 is 20.1 Å². The van der Waals surface area contributed by atoms with Gasteiger partial charge in [-0.3, -0.25) is 0 Å². The fourth-order valence-electron chi connectivity index (χ4n) is 10.1. The molecular formula is C31H46ClNO5. The average Bonchev–Trinajstić information content (AvgIpc) is 3.23. The van der Waals surface area contributed by atoms with Gasteiger partial charge >= 0.3 is 5.97 Å². The van der Waals surface area contributed by atoms with Crippen LogP contribution in [0.15, 0.2) is 12.3 Å². The second-order valence-corrected chi connectivity index (χ2v) is 13.9. The Labute approximate surface area is 232 Å². The first-order valence-electron chi connectivity index (χ1n) is 14.9. The van der Waals surface area contributed by atoms with Crippen LogP contribution >= 0.6 is 11.6 Å². The number of aromatic nitrogens is 1. The van der Waals surface area contributed by atoms with E-state index in [0.717, 1.165) is 32.1 Å². The van der Waals surface area contributed by atoms with Crippen molar-refractivity contribution >= 4 is 17.6 Å². The van der Waals surface area contributed by atoms with Crippen molar-refractivity contribution in [3.05, 3.63) is 23.0 Å². The molecule has 0 bridgehead atoms. The number of hydrogen-bond acceptors (Lipinski definition) is 5. The molecule has 0 amide bonds. The fourth-order valence-corrected chi connectivity index (χ4v) is 10.3. The Hall–Kier alpha value is -1.37. The molecule has 5 rings (SSSR count). The van der Waals surface area contributed by atoms with E-state index in [-0.39, 0.29) is 34.6 Å². The van der Waals surface area contributed by atoms with E-state index in [1.807, 2.05) is 0 Å². The normalized spacial score (nSPS) is 43.0. The summed E-state index contributed by atoms with van der Waals surface area (Å²) < 4.78 is 5.94. The number of carboxylic acids is 1. The van der Waals surface area contributed by atoms with Crippen LogP contribution in [0.4, 0.5) is 0 Å². The number of carbonyl (C=O) groups is 1. The smallest absolute Gasteiger partial charge is 0.354 e. The molecule has 11 atom stereocenters. The van der Waals surface area contributed by atoms with E-state index < -0.39 is 5.97 Å². The second kappa shape index (κ2) is 10.6. The number of ether oxygens (including phenoxy) is 1. The maximum absolute atomic E-state index is 11.9. The van der Waals surface area contributed by atoms with Gasteiger partial charge in [-0.1, -0.05) is 45.7 Å². The summed E-state index contributed by atoms with van der Waals surface area (Å²) in [5, 5.41) is 32.0. The maximum atomic E-state index is 11.9. The van der Waals surface area contributed by atoms with Gasteiger partial charge in [0.15, 0.2) is 5.69 Å². The fraction of sp³-hybridized carbons (Fsp3) is 0.806. The lowest BCUT2D eigenvalue weighted by atomic mass is 9.41. The minimum absolute atomic E-state index is 0.0693. The molecule has 7 heteroatoms. The molecule has 0 aromatic carbocycles. The third kappa shape index (κ3) is 4.56. The molecule has 6 nitrogen and oxygen atoms in total. The zero-order chi connectivity index (χ0) is 27.4. The summed E-state index contributed by atoms with van der Waals surface area (Å²) in [5.74, 6) is 2.45. The van der Waals surface area contributed by atoms with Crippen molar-refractivity contribution in [3.8, 4) is 5.75 Å². The first kappa shape index (κ1) is 28.2. The average molecular weight is 548 g/mol. The van der Waals surface area contributed by atoms with Crippen LogP contribution in [-0.2, 0) is 0 Å². The molecule has 1 aromatic rings. The molecule has 212 valence electrons. The molecule has 0 saturated heterocycles. The van der Waals surface area contributed by atoms with E-state index >= 15 is 0 Å². The number of aliphatic hydroxyl groups is 2. The SMILES string of the molecule is CC[C@H]1[C@@H](O)[C@@H]2[C@H](CC[C@]3(C)[C@@H]([C@H](C)CCOc4cc(C(=O)O)ncc4Cl)CC[C@@H]23)[C@@]2(C)CC[C@@H](O)C[C@@H]12. The van der Waals surface area contributed by atoms with Crippen molar-refractivity contribution in [1.82, 2.24) is 4.98 Å². The molecule has 3 N–H and O–H groups in total. The van der Waals surface area contributed by atoms with E-state index in [0.29, 0.717) is 52.9 Å². The molecule has 1 aromatic heterocycles. The third-order valence-corrected chi connectivity index (χ3v) is 12.3. The Morgan fingerprint density at radius 1 is 1.13 bits per heavy atom. The summed E-state index contributed by atoms with van der Waals surface area (Å²) in [7, 11) is 0. The summed E-state index contributed by atoms with van der Waals surface area (Å²) in [6.07, 6.45) is 10.3. The van der Waals surface area contributed by atoms with Gasteiger partial charge in [0.25, 0.3) is 0 Å². The standard InChI is InChI=1S/C31H46ClNO5/c1-5-19-23-14-18(34)8-11-31(23,4)22-9-12-30(3)20(6-7-21(30)27(22)28(19)35)17(2)10-13-38-26-15-25(29(36)37)33-16-24(26)32/h15-23,27-28,34-35H,5-14H2,1-4H3,(H,36,37)/t17-,18-,19-,20-,21+,22+,23+,27+,28-,30-,31-/m1/s1. The minimum atomic E-state index is -1.10. The van der Waals surface area contributed by atoms with Crippen LogP contribution in [0.25, 0.3) is 0 Å². The summed E-state index contributed by atoms with van der Waals surface area (Å²) in [6.45, 7) is 10.0. The third-order valence-electron chi connectivity index (χ3n) is 12.0. The predicted molar refractivity (Wildman–Crippen MR) is 147 cm³/mol. The molecule has 0 spiro atoms. The summed E-state index contributed by atoms with van der Waals surface area (Å²) in [5.41, 5.74) is 0.365. The maximum Gasteiger partial charge on any atom is 0.354 e. The van der Waals surface area contributed by atoms with Gasteiger partial charge in [0.2, 0.25) is 0 Å². The van der Waals surface area contributed by atoms with E-state index in [4.69, 9.17) is 16.3 Å². The van der Waals surface area contributed by atoms with Crippen molar-refractivity contribution in [1.29, 1.82) is 0 Å². The number of hydrogen-bond donors (Lipinski definition) is 3. The molecule has 0 unspecified atom stereocenters. The lowest BCUT2D eigenvalue weighted by Crippen LogP contribution is -2.62. The van der Waals surface area contributed by atoms with Crippen molar-refractivity contribution in [2.24, 2.45) is 52.3 Å². The van der Waals surface area contributed by atoms with Crippen LogP contribution in [-0.4, -0.2) is 45.1 Å². The van der Waals surface area contributed by atoms with Gasteiger partial charge in [-0.15, -0.1) is 0 Å². The van der Waals surface area contributed by atoms with Gasteiger partial charge in [-0.25, -0.2) is 9.78 Å². The molecule has 4 fully saturated rings. The Bertz CT molecular complexity index is 1040. The van der Waals surface area contributed by atoms with Crippen LogP contribution in [0, 0.1) is 52.3 Å². The number of fused-ring (bicyclic) bond motifs is 5. The van der Waals surface area contributed by atoms with Crippen molar-refractivity contribution < 1.29 is 24.9 Å². The number of aliphatic hydroxyl groups excluding tert-OH is 2. The van der Waals surface area contributed by atoms with Gasteiger partial charge in [0.1, 0.15) is 10.8 Å². The Morgan fingerprint density at radius 3 is 2.55 bits per heavy atom. The highest BCUT2D eigenvalue weighted by Gasteiger charge is 2.64. The van der Waals surface area contributed by atoms with Crippen molar-refractivity contribution in [3.63, 3.8) is 0 Å². The van der Waals surface area contributed by atoms with E-state index in [1.54, 1.807) is 0 Å². The van der Waals surface area contributed by atoms with Crippen molar-refractivity contribution in [2.75, 3.05) is 6.61 Å². The molecule has 4 saturated carbocycles. The van der Waals surface area contributed by atoms with E-state index in [1.165, 1.54) is 37.9 Å². The van der Waals surface area contributed by atoms with Crippen LogP contribution in [0.3, 0.4) is 0 Å². The van der Waals surface area contributed by atoms with Crippen molar-refractivity contribution in [2.45, 2.75) is 97.7 Å². The predicted octanol–water partition coefficient (Wildman–Crippen LogP) is 6.46. The largest absolute Gasteiger partial charge is 0.492 e. The zero-order valence-corrected chi connectivity index (χ0v) is 24.2. The Balaban J connectivity index is 1.29. The molecule has 38 heavy (non-hydrogen) atoms. The van der Waals surface area contributed by atoms with Crippen LogP contribution in [0.5, 0.6) is 5.75 Å². The second-order valence-electron chi connectivity index (χ2n) is 13.5. The first-order chi connectivity index (χ1) is 18.0. The number of nitrogens with zero attached hydrogens (tertiary/aromatic N) is 1. The van der Waals surface area contributed by atoms with Gasteiger partial charge in [0, 0.05) is 6.07 Å². The number of pyridine rings is 1. The first-order valence-corrected chi connectivity index (χ1v) is 15.3. The van der Waals surface area contributed by atoms with E-state index in [2.05, 4.69) is 32.7 Å². The summed E-state index contributed by atoms with van der Waals surface area (Å²) in [6, 6.07) is 1.40. The monoisotopic (exact) mass is 547 g/mol.